The van der Waals surface area contributed by atoms with Crippen LogP contribution in [-0.4, -0.2) is 12.1 Å². The van der Waals surface area contributed by atoms with E-state index in [9.17, 15) is 9.90 Å². The Hall–Kier alpha value is -1.26. The largest absolute Gasteiger partial charge is 0.846 e. The molecule has 0 atom stereocenters. The van der Waals surface area contributed by atoms with Crippen molar-refractivity contribution < 1.29 is 9.90 Å². The molecule has 0 rings (SSSR count). The third-order valence-corrected chi connectivity index (χ3v) is 0.220. The molecule has 0 radical (unpaired) electrons. The number of amides is 2. The maximum Gasteiger partial charge on any atom is 0.339 e. The fourth-order valence-electron chi connectivity index (χ4n) is 0.109. The van der Waals surface area contributed by atoms with Gasteiger partial charge in [-0.05, 0) is 0 Å². The molecule has 0 aliphatic carbocycles. The van der Waals surface area contributed by atoms with Gasteiger partial charge in [-0.15, -0.1) is 0 Å². The summed E-state index contributed by atoms with van der Waals surface area (Å²) in [5.41, 5.74) is 8.77. The zero-order valence-corrected chi connectivity index (χ0v) is 3.42. The van der Waals surface area contributed by atoms with Gasteiger partial charge >= 0.3 is 6.03 Å². The summed E-state index contributed by atoms with van der Waals surface area (Å²) in [6.07, 6.45) is 0. The fourth-order valence-corrected chi connectivity index (χ4v) is 0.109. The molecule has 0 aromatic rings. The molecule has 5 heteroatoms. The number of nitrogens with zero attached hydrogens (tertiary/aromatic N) is 1. The number of hydrogen-bond donors (Lipinski definition) is 2. The van der Waals surface area contributed by atoms with Gasteiger partial charge in [0.2, 0.25) is 0 Å². The molecule has 0 fully saturated rings. The number of aliphatic imine (C=N–C) groups is 1. The van der Waals surface area contributed by atoms with Crippen LogP contribution in [0.25, 0.3) is 0 Å². The smallest absolute Gasteiger partial charge is 0.339 e. The predicted molar refractivity (Wildman–Crippen MR) is 21.2 cm³/mol. The number of carbonyl (C=O) groups excluding carboxylic acids is 1. The van der Waals surface area contributed by atoms with Crippen molar-refractivity contribution in [2.75, 3.05) is 0 Å². The Morgan fingerprint density at radius 2 is 2.00 bits per heavy atom. The van der Waals surface area contributed by atoms with Crippen LogP contribution in [0.4, 0.5) is 4.79 Å². The first kappa shape index (κ1) is 5.74. The second-order valence-corrected chi connectivity index (χ2v) is 0.788. The van der Waals surface area contributed by atoms with Gasteiger partial charge in [0.25, 0.3) is 0 Å². The highest BCUT2D eigenvalue weighted by atomic mass is 16.3. The lowest BCUT2D eigenvalue weighted by molar-refractivity contribution is -0.217. The molecule has 0 heterocycles. The minimum absolute atomic E-state index is 1.06. The first-order valence-electron chi connectivity index (χ1n) is 1.43. The molecule has 0 aromatic carbocycles. The molecule has 2 amide bonds. The Labute approximate surface area is 39.6 Å². The standard InChI is InChI=1S/C2H5N3O2/c3-1(6)5-2(4)7/h(H5,3,4,5,6,7)/p-1. The molecular weight excluding hydrogens is 98.0 g/mol. The van der Waals surface area contributed by atoms with Crippen LogP contribution in [0, 0.1) is 0 Å². The minimum atomic E-state index is -1.06. The molecule has 7 heavy (non-hydrogen) atoms. The quantitative estimate of drug-likeness (QED) is 0.266. The molecule has 5 nitrogen and oxygen atoms in total. The van der Waals surface area contributed by atoms with E-state index in [0.29, 0.717) is 0 Å². The Balaban J connectivity index is 3.68. The van der Waals surface area contributed by atoms with E-state index in [1.807, 2.05) is 0 Å². The topological polar surface area (TPSA) is 105 Å². The summed E-state index contributed by atoms with van der Waals surface area (Å²) in [7, 11) is 0. The summed E-state index contributed by atoms with van der Waals surface area (Å²) in [6, 6.07) is -2.12. The molecule has 0 saturated heterocycles. The van der Waals surface area contributed by atoms with Crippen molar-refractivity contribution in [3.63, 3.8) is 0 Å². The highest BCUT2D eigenvalue weighted by molar-refractivity contribution is 5.85. The van der Waals surface area contributed by atoms with E-state index in [1.54, 1.807) is 0 Å². The highest BCUT2D eigenvalue weighted by Gasteiger charge is 1.78. The first-order chi connectivity index (χ1) is 3.13. The summed E-state index contributed by atoms with van der Waals surface area (Å²) in [4.78, 5) is 12.1. The second-order valence-electron chi connectivity index (χ2n) is 0.788. The first-order valence-corrected chi connectivity index (χ1v) is 1.43. The summed E-state index contributed by atoms with van der Waals surface area (Å²) < 4.78 is 0. The van der Waals surface area contributed by atoms with Crippen LogP contribution in [0.2, 0.25) is 0 Å². The zero-order valence-electron chi connectivity index (χ0n) is 3.42. The van der Waals surface area contributed by atoms with Crippen molar-refractivity contribution >= 4 is 12.1 Å². The van der Waals surface area contributed by atoms with Gasteiger partial charge in [-0.2, -0.15) is 4.99 Å². The number of amidine groups is 1. The molecule has 40 valence electrons. The third-order valence-electron chi connectivity index (χ3n) is 0.220. The van der Waals surface area contributed by atoms with Crippen LogP contribution >= 0.6 is 0 Å². The van der Waals surface area contributed by atoms with Crippen LogP contribution in [0.15, 0.2) is 4.99 Å². The van der Waals surface area contributed by atoms with E-state index in [-0.39, 0.29) is 0 Å². The van der Waals surface area contributed by atoms with Gasteiger partial charge in [0.15, 0.2) is 0 Å². The maximum absolute atomic E-state index is 9.56. The molecule has 0 aliphatic rings. The predicted octanol–water partition coefficient (Wildman–Crippen LogP) is -2.26. The minimum Gasteiger partial charge on any atom is -0.846 e. The van der Waals surface area contributed by atoms with Crippen LogP contribution in [0.5, 0.6) is 0 Å². The highest BCUT2D eigenvalue weighted by Crippen LogP contribution is 1.59. The van der Waals surface area contributed by atoms with E-state index in [1.165, 1.54) is 0 Å². The molecule has 0 unspecified atom stereocenters. The van der Waals surface area contributed by atoms with E-state index in [4.69, 9.17) is 0 Å². The number of carbonyl (C=O) groups is 1. The van der Waals surface area contributed by atoms with Crippen molar-refractivity contribution in [1.82, 2.24) is 0 Å². The Morgan fingerprint density at radius 3 is 2.00 bits per heavy atom. The molecule has 4 N–H and O–H groups in total. The van der Waals surface area contributed by atoms with E-state index >= 15 is 0 Å². The Morgan fingerprint density at radius 1 is 1.57 bits per heavy atom. The fraction of sp³-hybridized carbons (Fsp3) is 0. The van der Waals surface area contributed by atoms with Crippen LogP contribution in [0.3, 0.4) is 0 Å². The molecule has 0 aromatic heterocycles. The number of urea groups is 1. The molecule has 0 bridgehead atoms. The lowest BCUT2D eigenvalue weighted by Crippen LogP contribution is -2.29. The molecule has 0 aliphatic heterocycles. The molecular formula is C2H4N3O2-. The van der Waals surface area contributed by atoms with Crippen molar-refractivity contribution in [3.05, 3.63) is 0 Å². The van der Waals surface area contributed by atoms with Gasteiger partial charge in [-0.3, -0.25) is 0 Å². The van der Waals surface area contributed by atoms with Crippen molar-refractivity contribution in [2.24, 2.45) is 16.5 Å². The lowest BCUT2D eigenvalue weighted by atomic mass is 11.0. The van der Waals surface area contributed by atoms with E-state index in [2.05, 4.69) is 16.5 Å². The van der Waals surface area contributed by atoms with E-state index in [0.717, 1.165) is 0 Å². The Bertz CT molecular complexity index is 104. The normalized spacial score (nSPS) is 11.1. The van der Waals surface area contributed by atoms with Crippen LogP contribution in [-0.2, 0) is 0 Å². The number of nitrogens with two attached hydrogens (primary N) is 2. The zero-order chi connectivity index (χ0) is 5.86. The average molecular weight is 102 g/mol. The number of rotatable bonds is 0. The summed E-state index contributed by atoms with van der Waals surface area (Å²) >= 11 is 0. The maximum atomic E-state index is 9.56. The van der Waals surface area contributed by atoms with Crippen molar-refractivity contribution in [2.45, 2.75) is 0 Å². The van der Waals surface area contributed by atoms with Crippen LogP contribution < -0.4 is 16.6 Å². The van der Waals surface area contributed by atoms with Gasteiger partial charge < -0.3 is 16.6 Å². The van der Waals surface area contributed by atoms with Crippen molar-refractivity contribution in [1.29, 1.82) is 0 Å². The summed E-state index contributed by atoms with van der Waals surface area (Å²) in [6.45, 7) is 0. The van der Waals surface area contributed by atoms with Gasteiger partial charge in [-0.25, -0.2) is 4.79 Å². The van der Waals surface area contributed by atoms with Gasteiger partial charge in [0.05, 0.1) is 6.02 Å². The summed E-state index contributed by atoms with van der Waals surface area (Å²) in [5, 5.41) is 9.56. The second kappa shape index (κ2) is 2.01. The lowest BCUT2D eigenvalue weighted by Gasteiger charge is -1.96. The Kier molecular flexibility index (Phi) is 1.65. The summed E-state index contributed by atoms with van der Waals surface area (Å²) in [5.74, 6) is 0. The monoisotopic (exact) mass is 102 g/mol. The van der Waals surface area contributed by atoms with Gasteiger partial charge in [0, 0.05) is 0 Å². The van der Waals surface area contributed by atoms with Gasteiger partial charge in [0.1, 0.15) is 0 Å². The average Bonchev–Trinajstić information content (AvgIpc) is 1.27. The van der Waals surface area contributed by atoms with Crippen molar-refractivity contribution in [3.8, 4) is 0 Å². The van der Waals surface area contributed by atoms with Crippen LogP contribution in [0.1, 0.15) is 0 Å². The SMILES string of the molecule is NC(=O)N=C(N)[O-]. The van der Waals surface area contributed by atoms with E-state index < -0.39 is 12.1 Å². The van der Waals surface area contributed by atoms with Gasteiger partial charge in [-0.1, -0.05) is 0 Å². The molecule has 0 spiro atoms. The molecule has 0 saturated carbocycles. The number of primary amides is 1. The third kappa shape index (κ3) is 4.74. The number of hydrogen-bond acceptors (Lipinski definition) is 2.